The molecule has 0 aliphatic carbocycles. The predicted molar refractivity (Wildman–Crippen MR) is 115 cm³/mol. The lowest BCUT2D eigenvalue weighted by atomic mass is 10.1. The first-order valence-electron chi connectivity index (χ1n) is 10.5. The van der Waals surface area contributed by atoms with Crippen molar-refractivity contribution in [3.63, 3.8) is 0 Å². The first kappa shape index (κ1) is 24.2. The fourth-order valence-electron chi connectivity index (χ4n) is 3.30. The summed E-state index contributed by atoms with van der Waals surface area (Å²) >= 11 is 1.15. The Kier molecular flexibility index (Phi) is 9.67. The number of carbonyl (C=O) groups is 2. The summed E-state index contributed by atoms with van der Waals surface area (Å²) in [6.07, 6.45) is 7.79. The van der Waals surface area contributed by atoms with Gasteiger partial charge in [0.05, 0.1) is 31.9 Å². The Morgan fingerprint density at radius 1 is 1.30 bits per heavy atom. The summed E-state index contributed by atoms with van der Waals surface area (Å²) in [5, 5.41) is 0. The molecular weight excluding hydrogens is 406 g/mol. The fourth-order valence-corrected chi connectivity index (χ4v) is 3.83. The number of quaternary nitrogens is 1. The number of nitrogens with two attached hydrogens (primary N) is 2. The maximum absolute atomic E-state index is 12.1. The first-order chi connectivity index (χ1) is 14.3. The zero-order valence-electron chi connectivity index (χ0n) is 18.0. The Morgan fingerprint density at radius 3 is 2.83 bits per heavy atom. The summed E-state index contributed by atoms with van der Waals surface area (Å²) < 4.78 is 20.6. The van der Waals surface area contributed by atoms with Gasteiger partial charge in [0.1, 0.15) is 18.3 Å². The predicted octanol–water partition coefficient (Wildman–Crippen LogP) is 1.82. The summed E-state index contributed by atoms with van der Waals surface area (Å²) in [7, 11) is 2.03. The highest BCUT2D eigenvalue weighted by atomic mass is 32.1. The van der Waals surface area contributed by atoms with Crippen molar-refractivity contribution in [1.82, 2.24) is 8.75 Å². The van der Waals surface area contributed by atoms with Crippen LogP contribution in [0.25, 0.3) is 5.57 Å². The molecule has 2 rings (SSSR count). The van der Waals surface area contributed by atoms with Crippen molar-refractivity contribution in [2.75, 3.05) is 33.5 Å². The fraction of sp³-hybridized carbons (Fsp3) is 0.700. The molecule has 1 aliphatic rings. The van der Waals surface area contributed by atoms with Crippen molar-refractivity contribution in [2.45, 2.75) is 57.9 Å². The van der Waals surface area contributed by atoms with Gasteiger partial charge in [-0.15, -0.1) is 4.37 Å². The van der Waals surface area contributed by atoms with Crippen LogP contribution in [0, 0.1) is 0 Å². The normalized spacial score (nSPS) is 19.8. The smallest absolute Gasteiger partial charge is 0.327 e. The third-order valence-electron chi connectivity index (χ3n) is 5.13. The Balaban J connectivity index is 1.88. The van der Waals surface area contributed by atoms with Gasteiger partial charge in [0.25, 0.3) is 5.88 Å². The second-order valence-electron chi connectivity index (χ2n) is 8.05. The van der Waals surface area contributed by atoms with E-state index in [4.69, 9.17) is 20.9 Å². The van der Waals surface area contributed by atoms with E-state index in [1.54, 1.807) is 0 Å². The van der Waals surface area contributed by atoms with Crippen molar-refractivity contribution in [3.05, 3.63) is 11.8 Å². The minimum absolute atomic E-state index is 0.0628. The van der Waals surface area contributed by atoms with E-state index >= 15 is 0 Å². The lowest BCUT2D eigenvalue weighted by molar-refractivity contribution is -0.919. The number of rotatable bonds is 13. The number of likely N-dealkylation sites (N-methyl/N-ethyl adjacent to an activating group) is 1. The van der Waals surface area contributed by atoms with Crippen LogP contribution in [-0.4, -0.2) is 64.6 Å². The molecule has 0 aromatic carbocycles. The maximum Gasteiger partial charge on any atom is 0.327 e. The molecule has 0 spiro atoms. The molecule has 2 heterocycles. The molecule has 168 valence electrons. The van der Waals surface area contributed by atoms with Gasteiger partial charge in [-0.1, -0.05) is 32.3 Å². The lowest BCUT2D eigenvalue weighted by Crippen LogP contribution is -2.50. The van der Waals surface area contributed by atoms with Crippen LogP contribution in [0.1, 0.15) is 57.6 Å². The maximum atomic E-state index is 12.1. The molecule has 0 saturated carbocycles. The van der Waals surface area contributed by atoms with Gasteiger partial charge in [0.2, 0.25) is 12.6 Å². The van der Waals surface area contributed by atoms with E-state index in [0.29, 0.717) is 23.5 Å². The molecule has 1 unspecified atom stereocenters. The van der Waals surface area contributed by atoms with Gasteiger partial charge in [-0.3, -0.25) is 14.1 Å². The molecule has 1 aliphatic heterocycles. The van der Waals surface area contributed by atoms with Crippen LogP contribution in [0.5, 0.6) is 5.88 Å². The van der Waals surface area contributed by atoms with E-state index < -0.39 is 17.9 Å². The average Bonchev–Trinajstić information content (AvgIpc) is 3.18. The number of unbranched alkanes of at least 4 members (excludes halogenated alkanes) is 3. The summed E-state index contributed by atoms with van der Waals surface area (Å²) in [4.78, 5) is 23.0. The van der Waals surface area contributed by atoms with Crippen molar-refractivity contribution >= 4 is 29.2 Å². The molecule has 1 amide bonds. The number of primary amides is 1. The van der Waals surface area contributed by atoms with Crippen LogP contribution in [0.15, 0.2) is 6.08 Å². The monoisotopic (exact) mass is 440 g/mol. The quantitative estimate of drug-likeness (QED) is 0.272. The van der Waals surface area contributed by atoms with Gasteiger partial charge in [-0.2, -0.15) is 4.37 Å². The third-order valence-corrected chi connectivity index (χ3v) is 5.65. The standard InChI is InChI=1S/C20H33N5O4S/c1-3-4-5-6-12-28-19-18(23-30-24-19)15-8-7-11-25(2,13-15)14-29-20(27)16(21)9-10-17(22)26/h8,16H,3-7,9-14,21H2,1-2H3,(H-,22,26)/p+1/t16-,25?/m0/s1. The van der Waals surface area contributed by atoms with Crippen LogP contribution in [0.2, 0.25) is 0 Å². The van der Waals surface area contributed by atoms with E-state index in [2.05, 4.69) is 21.7 Å². The van der Waals surface area contributed by atoms with E-state index in [9.17, 15) is 9.59 Å². The molecule has 0 bridgehead atoms. The molecular formula is C20H34N5O4S+. The van der Waals surface area contributed by atoms with E-state index in [1.807, 2.05) is 7.05 Å². The second-order valence-corrected chi connectivity index (χ2v) is 8.58. The minimum atomic E-state index is -0.848. The number of aromatic nitrogens is 2. The summed E-state index contributed by atoms with van der Waals surface area (Å²) in [6, 6.07) is -0.848. The topological polar surface area (TPSA) is 130 Å². The molecule has 1 aromatic heterocycles. The van der Waals surface area contributed by atoms with Crippen LogP contribution in [0.3, 0.4) is 0 Å². The second kappa shape index (κ2) is 12.0. The number of hydrogen-bond acceptors (Lipinski definition) is 8. The zero-order valence-corrected chi connectivity index (χ0v) is 18.8. The Labute approximate surface area is 182 Å². The van der Waals surface area contributed by atoms with Crippen LogP contribution in [0.4, 0.5) is 0 Å². The van der Waals surface area contributed by atoms with Gasteiger partial charge in [0.15, 0.2) is 0 Å². The zero-order chi connectivity index (χ0) is 22.0. The van der Waals surface area contributed by atoms with Crippen LogP contribution < -0.4 is 16.2 Å². The minimum Gasteiger partial charge on any atom is -0.475 e. The Hall–Kier alpha value is -2.04. The number of nitrogens with zero attached hydrogens (tertiary/aromatic N) is 3. The summed E-state index contributed by atoms with van der Waals surface area (Å²) in [5.41, 5.74) is 12.7. The van der Waals surface area contributed by atoms with Gasteiger partial charge in [-0.25, -0.2) is 0 Å². The van der Waals surface area contributed by atoms with Crippen LogP contribution in [-0.2, 0) is 14.3 Å². The van der Waals surface area contributed by atoms with Crippen molar-refractivity contribution in [2.24, 2.45) is 11.5 Å². The highest BCUT2D eigenvalue weighted by molar-refractivity contribution is 6.99. The molecule has 1 aromatic rings. The number of carbonyl (C=O) groups excluding carboxylic acids is 2. The molecule has 0 fully saturated rings. The SMILES string of the molecule is CCCCCCOc1nsnc1C1=CCC[N+](C)(COC(=O)[C@@H](N)CCC(N)=O)C1. The number of esters is 1. The van der Waals surface area contributed by atoms with E-state index in [0.717, 1.165) is 48.8 Å². The summed E-state index contributed by atoms with van der Waals surface area (Å²) in [6.45, 7) is 4.50. The molecule has 10 heteroatoms. The molecule has 2 atom stereocenters. The van der Waals surface area contributed by atoms with E-state index in [1.165, 1.54) is 12.8 Å². The van der Waals surface area contributed by atoms with Gasteiger partial charge in [-0.05, 0) is 12.8 Å². The molecule has 0 radical (unpaired) electrons. The molecule has 0 saturated heterocycles. The Morgan fingerprint density at radius 2 is 2.10 bits per heavy atom. The third kappa shape index (κ3) is 7.66. The van der Waals surface area contributed by atoms with Gasteiger partial charge in [0, 0.05) is 18.4 Å². The van der Waals surface area contributed by atoms with Crippen LogP contribution >= 0.6 is 11.7 Å². The molecule has 30 heavy (non-hydrogen) atoms. The number of hydrogen-bond donors (Lipinski definition) is 2. The van der Waals surface area contributed by atoms with Crippen molar-refractivity contribution in [1.29, 1.82) is 0 Å². The number of amides is 1. The molecule has 4 N–H and O–H groups in total. The van der Waals surface area contributed by atoms with Crippen molar-refractivity contribution in [3.8, 4) is 5.88 Å². The first-order valence-corrected chi connectivity index (χ1v) is 11.3. The molecule has 9 nitrogen and oxygen atoms in total. The highest BCUT2D eigenvalue weighted by Crippen LogP contribution is 2.30. The highest BCUT2D eigenvalue weighted by Gasteiger charge is 2.31. The van der Waals surface area contributed by atoms with Gasteiger partial charge < -0.3 is 20.9 Å². The van der Waals surface area contributed by atoms with Gasteiger partial charge >= 0.3 is 5.97 Å². The van der Waals surface area contributed by atoms with E-state index in [-0.39, 0.29) is 19.6 Å². The number of ether oxygens (including phenoxy) is 2. The average molecular weight is 441 g/mol. The largest absolute Gasteiger partial charge is 0.475 e. The van der Waals surface area contributed by atoms with Crippen molar-refractivity contribution < 1.29 is 23.5 Å². The Bertz CT molecular complexity index is 739. The summed E-state index contributed by atoms with van der Waals surface area (Å²) in [5.74, 6) is -0.414. The lowest BCUT2D eigenvalue weighted by Gasteiger charge is -2.36.